The molecule has 0 saturated heterocycles. The Bertz CT molecular complexity index is 1060. The fraction of sp³-hybridized carbons (Fsp3) is 0.0870. The van der Waals surface area contributed by atoms with Gasteiger partial charge in [0, 0.05) is 22.0 Å². The number of aldehydes is 1. The van der Waals surface area contributed by atoms with Gasteiger partial charge in [0.1, 0.15) is 5.75 Å². The molecule has 0 unspecified atom stereocenters. The highest BCUT2D eigenvalue weighted by molar-refractivity contribution is 6.06. The van der Waals surface area contributed by atoms with Crippen LogP contribution in [0.15, 0.2) is 72.8 Å². The Morgan fingerprint density at radius 3 is 2.46 bits per heavy atom. The number of carbonyl (C=O) groups excluding carboxylic acids is 1. The van der Waals surface area contributed by atoms with Crippen LogP contribution in [0, 0.1) is 0 Å². The molecule has 0 aliphatic rings. The van der Waals surface area contributed by atoms with Crippen LogP contribution in [0.3, 0.4) is 0 Å². The summed E-state index contributed by atoms with van der Waals surface area (Å²) in [7, 11) is 0. The van der Waals surface area contributed by atoms with Gasteiger partial charge in [0.25, 0.3) is 0 Å². The Morgan fingerprint density at radius 2 is 1.69 bits per heavy atom. The van der Waals surface area contributed by atoms with E-state index in [2.05, 4.69) is 29.2 Å². The van der Waals surface area contributed by atoms with Crippen LogP contribution in [0.4, 0.5) is 0 Å². The maximum absolute atomic E-state index is 11.9. The topological polar surface area (TPSA) is 42.1 Å². The lowest BCUT2D eigenvalue weighted by Gasteiger charge is -2.09. The minimum atomic E-state index is 0.575. The van der Waals surface area contributed by atoms with Crippen molar-refractivity contribution < 1.29 is 9.53 Å². The zero-order valence-electron chi connectivity index (χ0n) is 14.5. The van der Waals surface area contributed by atoms with E-state index >= 15 is 0 Å². The summed E-state index contributed by atoms with van der Waals surface area (Å²) in [5, 5.41) is 0.919. The second kappa shape index (κ2) is 6.89. The highest BCUT2D eigenvalue weighted by Crippen LogP contribution is 2.36. The molecule has 0 spiro atoms. The van der Waals surface area contributed by atoms with Crippen LogP contribution in [0.2, 0.25) is 0 Å². The molecule has 1 heterocycles. The summed E-state index contributed by atoms with van der Waals surface area (Å²) in [5.74, 6) is 0.771. The van der Waals surface area contributed by atoms with Gasteiger partial charge in [-0.05, 0) is 42.3 Å². The number of aromatic amines is 1. The Hall–Kier alpha value is -3.33. The van der Waals surface area contributed by atoms with Crippen LogP contribution >= 0.6 is 0 Å². The predicted molar refractivity (Wildman–Crippen MR) is 106 cm³/mol. The molecule has 4 aromatic rings. The van der Waals surface area contributed by atoms with Crippen molar-refractivity contribution in [3.05, 3.63) is 78.4 Å². The SMILES string of the molecule is CCOc1ccccc1-c1[nH]c2ccc(-c3ccccc3)cc2c1C=O. The number of aromatic nitrogens is 1. The van der Waals surface area contributed by atoms with Crippen molar-refractivity contribution in [2.24, 2.45) is 0 Å². The number of hydrogen-bond donors (Lipinski definition) is 1. The van der Waals surface area contributed by atoms with Crippen LogP contribution in [-0.2, 0) is 0 Å². The van der Waals surface area contributed by atoms with E-state index in [1.807, 2.05) is 55.5 Å². The molecule has 0 bridgehead atoms. The Labute approximate surface area is 152 Å². The first kappa shape index (κ1) is 16.2. The van der Waals surface area contributed by atoms with Gasteiger partial charge in [0.15, 0.2) is 6.29 Å². The molecule has 128 valence electrons. The smallest absolute Gasteiger partial charge is 0.152 e. The quantitative estimate of drug-likeness (QED) is 0.472. The predicted octanol–water partition coefficient (Wildman–Crippen LogP) is 5.71. The molecule has 0 aliphatic heterocycles. The van der Waals surface area contributed by atoms with Crippen molar-refractivity contribution in [1.82, 2.24) is 4.98 Å². The van der Waals surface area contributed by atoms with E-state index in [1.54, 1.807) is 0 Å². The summed E-state index contributed by atoms with van der Waals surface area (Å²) in [6.07, 6.45) is 0.922. The van der Waals surface area contributed by atoms with Crippen LogP contribution < -0.4 is 4.74 Å². The largest absolute Gasteiger partial charge is 0.493 e. The molecule has 1 N–H and O–H groups in total. The lowest BCUT2D eigenvalue weighted by atomic mass is 10.0. The Balaban J connectivity index is 1.91. The van der Waals surface area contributed by atoms with Gasteiger partial charge in [-0.15, -0.1) is 0 Å². The molecule has 0 saturated carbocycles. The minimum Gasteiger partial charge on any atom is -0.493 e. The average molecular weight is 341 g/mol. The van der Waals surface area contributed by atoms with Crippen molar-refractivity contribution in [2.75, 3.05) is 6.61 Å². The number of H-pyrrole nitrogens is 1. The third-order valence-corrected chi connectivity index (χ3v) is 4.52. The van der Waals surface area contributed by atoms with Gasteiger partial charge in [-0.25, -0.2) is 0 Å². The van der Waals surface area contributed by atoms with Crippen molar-refractivity contribution in [3.8, 4) is 28.1 Å². The first-order chi connectivity index (χ1) is 12.8. The zero-order chi connectivity index (χ0) is 17.9. The fourth-order valence-corrected chi connectivity index (χ4v) is 3.31. The zero-order valence-corrected chi connectivity index (χ0v) is 14.5. The first-order valence-corrected chi connectivity index (χ1v) is 8.70. The average Bonchev–Trinajstić information content (AvgIpc) is 3.07. The molecular weight excluding hydrogens is 322 g/mol. The Kier molecular flexibility index (Phi) is 4.28. The molecule has 3 nitrogen and oxygen atoms in total. The van der Waals surface area contributed by atoms with Gasteiger partial charge < -0.3 is 9.72 Å². The molecule has 1 aromatic heterocycles. The normalized spacial score (nSPS) is 10.8. The highest BCUT2D eigenvalue weighted by atomic mass is 16.5. The second-order valence-corrected chi connectivity index (χ2v) is 6.09. The van der Waals surface area contributed by atoms with Crippen LogP contribution in [0.1, 0.15) is 17.3 Å². The minimum absolute atomic E-state index is 0.575. The summed E-state index contributed by atoms with van der Waals surface area (Å²) >= 11 is 0. The summed E-state index contributed by atoms with van der Waals surface area (Å²) < 4.78 is 5.74. The summed E-state index contributed by atoms with van der Waals surface area (Å²) in [6.45, 7) is 2.53. The van der Waals surface area contributed by atoms with Gasteiger partial charge in [-0.3, -0.25) is 4.79 Å². The lowest BCUT2D eigenvalue weighted by Crippen LogP contribution is -1.95. The number of para-hydroxylation sites is 1. The van der Waals surface area contributed by atoms with E-state index in [4.69, 9.17) is 4.74 Å². The van der Waals surface area contributed by atoms with E-state index in [-0.39, 0.29) is 0 Å². The molecule has 0 atom stereocenters. The molecule has 0 radical (unpaired) electrons. The highest BCUT2D eigenvalue weighted by Gasteiger charge is 2.16. The molecule has 0 amide bonds. The van der Waals surface area contributed by atoms with Crippen LogP contribution in [0.5, 0.6) is 5.75 Å². The third kappa shape index (κ3) is 2.78. The van der Waals surface area contributed by atoms with Gasteiger partial charge >= 0.3 is 0 Å². The van der Waals surface area contributed by atoms with Crippen molar-refractivity contribution in [2.45, 2.75) is 6.92 Å². The van der Waals surface area contributed by atoms with Crippen LogP contribution in [0.25, 0.3) is 33.3 Å². The van der Waals surface area contributed by atoms with Crippen LogP contribution in [-0.4, -0.2) is 17.9 Å². The fourth-order valence-electron chi connectivity index (χ4n) is 3.31. The van der Waals surface area contributed by atoms with Gasteiger partial charge in [-0.2, -0.15) is 0 Å². The number of fused-ring (bicyclic) bond motifs is 1. The van der Waals surface area contributed by atoms with Crippen molar-refractivity contribution in [3.63, 3.8) is 0 Å². The second-order valence-electron chi connectivity index (χ2n) is 6.09. The van der Waals surface area contributed by atoms with E-state index in [0.29, 0.717) is 12.2 Å². The number of hydrogen-bond acceptors (Lipinski definition) is 2. The number of carbonyl (C=O) groups is 1. The van der Waals surface area contributed by atoms with Crippen molar-refractivity contribution >= 4 is 17.2 Å². The molecule has 3 aromatic carbocycles. The monoisotopic (exact) mass is 341 g/mol. The summed E-state index contributed by atoms with van der Waals surface area (Å²) in [4.78, 5) is 15.3. The van der Waals surface area contributed by atoms with E-state index < -0.39 is 0 Å². The van der Waals surface area contributed by atoms with E-state index in [9.17, 15) is 4.79 Å². The van der Waals surface area contributed by atoms with E-state index in [1.165, 1.54) is 0 Å². The molecule has 4 rings (SSSR count). The number of rotatable bonds is 5. The van der Waals surface area contributed by atoms with E-state index in [0.717, 1.165) is 45.3 Å². The number of ether oxygens (including phenoxy) is 1. The van der Waals surface area contributed by atoms with Gasteiger partial charge in [-0.1, -0.05) is 48.5 Å². The Morgan fingerprint density at radius 1 is 0.923 bits per heavy atom. The van der Waals surface area contributed by atoms with Gasteiger partial charge in [0.05, 0.1) is 12.3 Å². The molecule has 26 heavy (non-hydrogen) atoms. The molecular formula is C23H19NO2. The molecule has 0 fully saturated rings. The number of benzene rings is 3. The lowest BCUT2D eigenvalue weighted by molar-refractivity contribution is 0.112. The summed E-state index contributed by atoms with van der Waals surface area (Å²) in [6, 6.07) is 24.1. The maximum Gasteiger partial charge on any atom is 0.152 e. The third-order valence-electron chi connectivity index (χ3n) is 4.52. The van der Waals surface area contributed by atoms with Gasteiger partial charge in [0.2, 0.25) is 0 Å². The molecule has 0 aliphatic carbocycles. The standard InChI is InChI=1S/C23H19NO2/c1-2-26-22-11-7-6-10-18(22)23-20(15-25)19-14-17(12-13-21(19)24-23)16-8-4-3-5-9-16/h3-15,24H,2H2,1H3. The molecule has 3 heteroatoms. The number of nitrogens with one attached hydrogen (secondary N) is 1. The van der Waals surface area contributed by atoms with Crippen molar-refractivity contribution in [1.29, 1.82) is 0 Å². The first-order valence-electron chi connectivity index (χ1n) is 8.70. The maximum atomic E-state index is 11.9. The summed E-state index contributed by atoms with van der Waals surface area (Å²) in [5.41, 5.74) is 5.50.